The molecule has 0 bridgehead atoms. The fourth-order valence-electron chi connectivity index (χ4n) is 2.98. The minimum Gasteiger partial charge on any atom is -0.490 e. The monoisotopic (exact) mass is 282 g/mol. The van der Waals surface area contributed by atoms with E-state index in [4.69, 9.17) is 4.74 Å². The van der Waals surface area contributed by atoms with Crippen LogP contribution in [0.4, 0.5) is 8.78 Å². The molecule has 112 valence electrons. The van der Waals surface area contributed by atoms with Crippen molar-refractivity contribution in [1.29, 1.82) is 0 Å². The predicted octanol–water partition coefficient (Wildman–Crippen LogP) is 5.34. The fraction of sp³-hybridized carbons (Fsp3) is 0.647. The molecule has 0 spiro atoms. The van der Waals surface area contributed by atoms with Crippen LogP contribution in [-0.2, 0) is 0 Å². The Morgan fingerprint density at radius 3 is 2.45 bits per heavy atom. The van der Waals surface area contributed by atoms with Crippen LogP contribution < -0.4 is 4.74 Å². The number of hydrogen-bond acceptors (Lipinski definition) is 1. The van der Waals surface area contributed by atoms with Crippen LogP contribution in [0, 0.1) is 23.5 Å². The number of halogens is 2. The predicted molar refractivity (Wildman–Crippen MR) is 76.8 cm³/mol. The first-order valence-electron chi connectivity index (χ1n) is 7.77. The number of rotatable bonds is 6. The van der Waals surface area contributed by atoms with Crippen LogP contribution in [0.3, 0.4) is 0 Å². The van der Waals surface area contributed by atoms with Crippen LogP contribution >= 0.6 is 0 Å². The maximum atomic E-state index is 13.4. The van der Waals surface area contributed by atoms with E-state index >= 15 is 0 Å². The lowest BCUT2D eigenvalue weighted by molar-refractivity contribution is 0.173. The average molecular weight is 282 g/mol. The van der Waals surface area contributed by atoms with Gasteiger partial charge in [0.2, 0.25) is 0 Å². The van der Waals surface area contributed by atoms with Crippen LogP contribution in [0.25, 0.3) is 0 Å². The van der Waals surface area contributed by atoms with Gasteiger partial charge in [0, 0.05) is 6.07 Å². The molecule has 0 N–H and O–H groups in total. The maximum absolute atomic E-state index is 13.4. The third kappa shape index (κ3) is 4.46. The Morgan fingerprint density at radius 2 is 1.80 bits per heavy atom. The van der Waals surface area contributed by atoms with Crippen molar-refractivity contribution in [1.82, 2.24) is 0 Å². The van der Waals surface area contributed by atoms with Gasteiger partial charge in [-0.05, 0) is 36.8 Å². The number of benzene rings is 1. The average Bonchev–Trinajstić information content (AvgIpc) is 2.45. The summed E-state index contributed by atoms with van der Waals surface area (Å²) in [5, 5.41) is 0. The van der Waals surface area contributed by atoms with Crippen LogP contribution in [0.15, 0.2) is 18.2 Å². The summed E-state index contributed by atoms with van der Waals surface area (Å²) in [5.74, 6) is 0.374. The molecule has 1 nitrogen and oxygen atoms in total. The van der Waals surface area contributed by atoms with Crippen molar-refractivity contribution in [2.75, 3.05) is 6.61 Å². The Balaban J connectivity index is 1.73. The highest BCUT2D eigenvalue weighted by Crippen LogP contribution is 2.32. The van der Waals surface area contributed by atoms with E-state index in [1.165, 1.54) is 44.2 Å². The van der Waals surface area contributed by atoms with Gasteiger partial charge < -0.3 is 4.74 Å². The molecule has 1 aromatic carbocycles. The van der Waals surface area contributed by atoms with Gasteiger partial charge in [0.15, 0.2) is 11.6 Å². The molecule has 0 heterocycles. The van der Waals surface area contributed by atoms with Crippen LogP contribution in [0.5, 0.6) is 5.75 Å². The zero-order valence-electron chi connectivity index (χ0n) is 12.2. The number of unbranched alkanes of at least 4 members (excludes halogenated alkanes) is 1. The number of ether oxygens (including phenoxy) is 1. The molecule has 0 atom stereocenters. The summed E-state index contributed by atoms with van der Waals surface area (Å²) in [6.45, 7) is 2.78. The van der Waals surface area contributed by atoms with Crippen molar-refractivity contribution >= 4 is 0 Å². The SMILES string of the molecule is CCCC[C@H]1CC[C@H](COc2ccc(F)cc2F)CC1. The summed E-state index contributed by atoms with van der Waals surface area (Å²) in [6, 6.07) is 3.48. The molecule has 0 aliphatic heterocycles. The summed E-state index contributed by atoms with van der Waals surface area (Å²) in [6.07, 6.45) is 8.80. The lowest BCUT2D eigenvalue weighted by Crippen LogP contribution is -2.20. The Labute approximate surface area is 120 Å². The van der Waals surface area contributed by atoms with Gasteiger partial charge in [-0.2, -0.15) is 0 Å². The van der Waals surface area contributed by atoms with Crippen LogP contribution in [-0.4, -0.2) is 6.61 Å². The van der Waals surface area contributed by atoms with Gasteiger partial charge in [0.1, 0.15) is 5.82 Å². The molecule has 0 saturated heterocycles. The molecule has 1 saturated carbocycles. The van der Waals surface area contributed by atoms with Gasteiger partial charge >= 0.3 is 0 Å². The highest BCUT2D eigenvalue weighted by atomic mass is 19.1. The molecule has 0 unspecified atom stereocenters. The lowest BCUT2D eigenvalue weighted by atomic mass is 9.80. The van der Waals surface area contributed by atoms with E-state index in [0.717, 1.165) is 24.8 Å². The zero-order valence-corrected chi connectivity index (χ0v) is 12.2. The van der Waals surface area contributed by atoms with Crippen molar-refractivity contribution in [2.45, 2.75) is 51.9 Å². The summed E-state index contributed by atoms with van der Waals surface area (Å²) in [5.41, 5.74) is 0. The molecule has 1 aliphatic rings. The standard InChI is InChI=1S/C17H24F2O/c1-2-3-4-13-5-7-14(8-6-13)12-20-17-10-9-15(18)11-16(17)19/h9-11,13-14H,2-8,12H2,1H3/t13-,14-. The van der Waals surface area contributed by atoms with E-state index in [0.29, 0.717) is 12.5 Å². The molecule has 0 amide bonds. The molecule has 1 fully saturated rings. The van der Waals surface area contributed by atoms with E-state index < -0.39 is 11.6 Å². The van der Waals surface area contributed by atoms with E-state index in [-0.39, 0.29) is 5.75 Å². The smallest absolute Gasteiger partial charge is 0.167 e. The van der Waals surface area contributed by atoms with E-state index in [9.17, 15) is 8.78 Å². The molecule has 1 aliphatic carbocycles. The van der Waals surface area contributed by atoms with E-state index in [1.54, 1.807) is 0 Å². The minimum absolute atomic E-state index is 0.166. The lowest BCUT2D eigenvalue weighted by Gasteiger charge is -2.28. The first kappa shape index (κ1) is 15.3. The van der Waals surface area contributed by atoms with Gasteiger partial charge in [0.25, 0.3) is 0 Å². The van der Waals surface area contributed by atoms with Crippen molar-refractivity contribution in [3.63, 3.8) is 0 Å². The summed E-state index contributed by atoms with van der Waals surface area (Å²) in [4.78, 5) is 0. The molecular weight excluding hydrogens is 258 g/mol. The summed E-state index contributed by atoms with van der Waals surface area (Å²) >= 11 is 0. The normalized spacial score (nSPS) is 22.8. The van der Waals surface area contributed by atoms with Gasteiger partial charge in [-0.15, -0.1) is 0 Å². The Bertz CT molecular complexity index is 411. The Morgan fingerprint density at radius 1 is 1.10 bits per heavy atom. The third-order valence-corrected chi connectivity index (χ3v) is 4.30. The van der Waals surface area contributed by atoms with Gasteiger partial charge in [-0.1, -0.05) is 39.0 Å². The van der Waals surface area contributed by atoms with Gasteiger partial charge in [-0.25, -0.2) is 8.78 Å². The summed E-state index contributed by atoms with van der Waals surface area (Å²) in [7, 11) is 0. The highest BCUT2D eigenvalue weighted by molar-refractivity contribution is 5.24. The summed E-state index contributed by atoms with van der Waals surface area (Å²) < 4.78 is 31.7. The largest absolute Gasteiger partial charge is 0.490 e. The van der Waals surface area contributed by atoms with Crippen molar-refractivity contribution in [3.8, 4) is 5.75 Å². The van der Waals surface area contributed by atoms with Crippen molar-refractivity contribution in [2.24, 2.45) is 11.8 Å². The zero-order chi connectivity index (χ0) is 14.4. The topological polar surface area (TPSA) is 9.23 Å². The van der Waals surface area contributed by atoms with Gasteiger partial charge in [-0.3, -0.25) is 0 Å². The molecule has 0 radical (unpaired) electrons. The van der Waals surface area contributed by atoms with E-state index in [2.05, 4.69) is 6.92 Å². The van der Waals surface area contributed by atoms with Gasteiger partial charge in [0.05, 0.1) is 6.61 Å². The molecule has 1 aromatic rings. The maximum Gasteiger partial charge on any atom is 0.167 e. The Hall–Kier alpha value is -1.12. The second-order valence-electron chi connectivity index (χ2n) is 5.91. The second kappa shape index (κ2) is 7.61. The minimum atomic E-state index is -0.610. The molecule has 3 heteroatoms. The molecular formula is C17H24F2O. The highest BCUT2D eigenvalue weighted by Gasteiger charge is 2.21. The van der Waals surface area contributed by atoms with Crippen LogP contribution in [0.1, 0.15) is 51.9 Å². The first-order valence-corrected chi connectivity index (χ1v) is 7.77. The second-order valence-corrected chi connectivity index (χ2v) is 5.91. The van der Waals surface area contributed by atoms with E-state index in [1.807, 2.05) is 0 Å². The first-order chi connectivity index (χ1) is 9.69. The quantitative estimate of drug-likeness (QED) is 0.684. The third-order valence-electron chi connectivity index (χ3n) is 4.30. The molecule has 0 aromatic heterocycles. The Kier molecular flexibility index (Phi) is 5.81. The molecule has 2 rings (SSSR count). The van der Waals surface area contributed by atoms with Crippen molar-refractivity contribution in [3.05, 3.63) is 29.8 Å². The fourth-order valence-corrected chi connectivity index (χ4v) is 2.98. The molecule has 20 heavy (non-hydrogen) atoms. The number of hydrogen-bond donors (Lipinski definition) is 0. The van der Waals surface area contributed by atoms with Crippen LogP contribution in [0.2, 0.25) is 0 Å². The van der Waals surface area contributed by atoms with Crippen molar-refractivity contribution < 1.29 is 13.5 Å².